The molecule has 0 amide bonds. The van der Waals surface area contributed by atoms with Crippen LogP contribution in [0.4, 0.5) is 13.2 Å². The zero-order valence-corrected chi connectivity index (χ0v) is 10.8. The molecule has 0 spiro atoms. The van der Waals surface area contributed by atoms with Crippen molar-refractivity contribution in [3.8, 4) is 0 Å². The number of ether oxygens (including phenoxy) is 1. The Hall–Kier alpha value is -1.15. The van der Waals surface area contributed by atoms with Crippen LogP contribution in [0, 0.1) is 0 Å². The minimum Gasteiger partial charge on any atom is -0.367 e. The van der Waals surface area contributed by atoms with Crippen LogP contribution in [0.5, 0.6) is 0 Å². The van der Waals surface area contributed by atoms with Crippen LogP contribution in [0.2, 0.25) is 0 Å². The fourth-order valence-corrected chi connectivity index (χ4v) is 1.88. The molecule has 1 aliphatic rings. The lowest BCUT2D eigenvalue weighted by atomic mass is 9.95. The summed E-state index contributed by atoms with van der Waals surface area (Å²) in [5.74, 6) is -0.534. The Kier molecular flexibility index (Phi) is 3.34. The first-order chi connectivity index (χ1) is 8.67. The molecule has 1 fully saturated rings. The summed E-state index contributed by atoms with van der Waals surface area (Å²) in [6, 6.07) is 0. The minimum absolute atomic E-state index is 0.114. The summed E-state index contributed by atoms with van der Waals surface area (Å²) in [5.41, 5.74) is 1.77. The largest absolute Gasteiger partial charge is 0.415 e. The Labute approximate surface area is 108 Å². The van der Waals surface area contributed by atoms with Gasteiger partial charge in [-0.2, -0.15) is 18.2 Å². The zero-order chi connectivity index (χ0) is 14.3. The Morgan fingerprint density at radius 2 is 2.00 bits per heavy atom. The first kappa shape index (κ1) is 14.3. The van der Waals surface area contributed by atoms with Crippen molar-refractivity contribution in [3.63, 3.8) is 0 Å². The van der Waals surface area contributed by atoms with E-state index in [-0.39, 0.29) is 5.82 Å². The van der Waals surface area contributed by atoms with Crippen molar-refractivity contribution in [2.24, 2.45) is 5.73 Å². The molecule has 2 heterocycles. The standard InChI is InChI=1S/C11H16F3N3O2/c1-9(5-3-4-6-18-9)7-16-8(19-17-7)10(2,15)11(12,13)14/h3-6,15H2,1-2H3. The van der Waals surface area contributed by atoms with E-state index in [1.54, 1.807) is 6.92 Å². The Morgan fingerprint density at radius 1 is 1.32 bits per heavy atom. The van der Waals surface area contributed by atoms with Crippen molar-refractivity contribution < 1.29 is 22.4 Å². The third kappa shape index (κ3) is 2.46. The summed E-state index contributed by atoms with van der Waals surface area (Å²) in [4.78, 5) is 3.80. The van der Waals surface area contributed by atoms with Gasteiger partial charge in [0.05, 0.1) is 0 Å². The maximum atomic E-state index is 12.8. The monoisotopic (exact) mass is 279 g/mol. The molecule has 1 saturated heterocycles. The molecule has 2 rings (SSSR count). The lowest BCUT2D eigenvalue weighted by Gasteiger charge is -2.30. The van der Waals surface area contributed by atoms with E-state index in [4.69, 9.17) is 10.5 Å². The molecule has 0 bridgehead atoms. The van der Waals surface area contributed by atoms with Crippen LogP contribution in [0.1, 0.15) is 44.8 Å². The second kappa shape index (κ2) is 4.45. The lowest BCUT2D eigenvalue weighted by molar-refractivity contribution is -0.190. The van der Waals surface area contributed by atoms with Gasteiger partial charge in [0.1, 0.15) is 5.60 Å². The van der Waals surface area contributed by atoms with E-state index in [9.17, 15) is 13.2 Å². The van der Waals surface area contributed by atoms with Gasteiger partial charge in [-0.1, -0.05) is 5.16 Å². The highest BCUT2D eigenvalue weighted by atomic mass is 19.4. The van der Waals surface area contributed by atoms with Crippen molar-refractivity contribution in [3.05, 3.63) is 11.7 Å². The zero-order valence-electron chi connectivity index (χ0n) is 10.8. The average molecular weight is 279 g/mol. The molecule has 0 radical (unpaired) electrons. The maximum absolute atomic E-state index is 12.8. The molecule has 5 nitrogen and oxygen atoms in total. The number of nitrogens with zero attached hydrogens (tertiary/aromatic N) is 2. The molecule has 0 aliphatic carbocycles. The molecule has 19 heavy (non-hydrogen) atoms. The van der Waals surface area contributed by atoms with Crippen molar-refractivity contribution in [2.75, 3.05) is 6.61 Å². The Bertz CT molecular complexity index is 450. The van der Waals surface area contributed by atoms with Crippen LogP contribution in [0.25, 0.3) is 0 Å². The van der Waals surface area contributed by atoms with Gasteiger partial charge < -0.3 is 15.0 Å². The van der Waals surface area contributed by atoms with Crippen molar-refractivity contribution >= 4 is 0 Å². The first-order valence-electron chi connectivity index (χ1n) is 6.01. The lowest BCUT2D eigenvalue weighted by Crippen LogP contribution is -2.48. The van der Waals surface area contributed by atoms with Gasteiger partial charge in [0.2, 0.25) is 5.82 Å². The van der Waals surface area contributed by atoms with Gasteiger partial charge in [-0.25, -0.2) is 0 Å². The topological polar surface area (TPSA) is 74.2 Å². The molecule has 2 unspecified atom stereocenters. The summed E-state index contributed by atoms with van der Waals surface area (Å²) in [6.45, 7) is 3.07. The van der Waals surface area contributed by atoms with E-state index in [0.717, 1.165) is 19.8 Å². The predicted molar refractivity (Wildman–Crippen MR) is 59.0 cm³/mol. The first-order valence-corrected chi connectivity index (χ1v) is 6.01. The summed E-state index contributed by atoms with van der Waals surface area (Å²) >= 11 is 0. The summed E-state index contributed by atoms with van der Waals surface area (Å²) in [7, 11) is 0. The number of halogens is 3. The molecule has 0 aromatic carbocycles. The smallest absolute Gasteiger partial charge is 0.367 e. The van der Waals surface area contributed by atoms with Gasteiger partial charge in [-0.15, -0.1) is 0 Å². The molecular formula is C11H16F3N3O2. The number of hydrogen-bond acceptors (Lipinski definition) is 5. The quantitative estimate of drug-likeness (QED) is 0.898. The Morgan fingerprint density at radius 3 is 2.53 bits per heavy atom. The van der Waals surface area contributed by atoms with E-state index in [2.05, 4.69) is 14.7 Å². The van der Waals surface area contributed by atoms with Crippen LogP contribution in [0.15, 0.2) is 4.52 Å². The van der Waals surface area contributed by atoms with Crippen LogP contribution < -0.4 is 5.73 Å². The molecule has 8 heteroatoms. The van der Waals surface area contributed by atoms with Gasteiger partial charge >= 0.3 is 6.18 Å². The van der Waals surface area contributed by atoms with E-state index < -0.39 is 23.2 Å². The molecule has 1 aromatic heterocycles. The number of aromatic nitrogens is 2. The van der Waals surface area contributed by atoms with Gasteiger partial charge in [0, 0.05) is 6.61 Å². The number of hydrogen-bond donors (Lipinski definition) is 1. The van der Waals surface area contributed by atoms with Crippen LogP contribution >= 0.6 is 0 Å². The van der Waals surface area contributed by atoms with Gasteiger partial charge in [0.25, 0.3) is 5.89 Å². The van der Waals surface area contributed by atoms with Crippen molar-refractivity contribution in [2.45, 2.75) is 50.4 Å². The predicted octanol–water partition coefficient (Wildman–Crippen LogP) is 2.22. The molecule has 0 saturated carbocycles. The van der Waals surface area contributed by atoms with Crippen molar-refractivity contribution in [1.82, 2.24) is 10.1 Å². The number of alkyl halides is 3. The van der Waals surface area contributed by atoms with Crippen LogP contribution in [-0.2, 0) is 15.9 Å². The average Bonchev–Trinajstić information content (AvgIpc) is 2.78. The third-order valence-corrected chi connectivity index (χ3v) is 3.40. The van der Waals surface area contributed by atoms with E-state index in [1.165, 1.54) is 0 Å². The highest BCUT2D eigenvalue weighted by molar-refractivity contribution is 5.08. The van der Waals surface area contributed by atoms with Crippen LogP contribution in [0.3, 0.4) is 0 Å². The minimum atomic E-state index is -4.66. The van der Waals surface area contributed by atoms with E-state index in [1.807, 2.05) is 0 Å². The van der Waals surface area contributed by atoms with Crippen LogP contribution in [-0.4, -0.2) is 22.9 Å². The van der Waals surface area contributed by atoms with Gasteiger partial charge in [-0.05, 0) is 33.1 Å². The number of rotatable bonds is 2. The third-order valence-electron chi connectivity index (χ3n) is 3.40. The normalized spacial score (nSPS) is 28.1. The highest BCUT2D eigenvalue weighted by Gasteiger charge is 2.54. The summed E-state index contributed by atoms with van der Waals surface area (Å²) in [6.07, 6.45) is -2.21. The van der Waals surface area contributed by atoms with E-state index >= 15 is 0 Å². The maximum Gasteiger partial charge on any atom is 0.415 e. The fraction of sp³-hybridized carbons (Fsp3) is 0.818. The molecule has 108 valence electrons. The molecule has 2 atom stereocenters. The van der Waals surface area contributed by atoms with Crippen molar-refractivity contribution in [1.29, 1.82) is 0 Å². The summed E-state index contributed by atoms with van der Waals surface area (Å²) < 4.78 is 48.6. The SMILES string of the molecule is CC1(c2noc(C(C)(N)C(F)(F)F)n2)CCCCO1. The van der Waals surface area contributed by atoms with E-state index in [0.29, 0.717) is 13.0 Å². The Balaban J connectivity index is 2.29. The molecule has 1 aliphatic heterocycles. The summed E-state index contributed by atoms with van der Waals surface area (Å²) in [5, 5.41) is 3.60. The molecular weight excluding hydrogens is 263 g/mol. The fourth-order valence-electron chi connectivity index (χ4n) is 1.88. The molecule has 1 aromatic rings. The second-order valence-electron chi connectivity index (χ2n) is 5.16. The number of nitrogens with two attached hydrogens (primary N) is 1. The highest BCUT2D eigenvalue weighted by Crippen LogP contribution is 2.38. The van der Waals surface area contributed by atoms with Gasteiger partial charge in [-0.3, -0.25) is 0 Å². The second-order valence-corrected chi connectivity index (χ2v) is 5.16. The van der Waals surface area contributed by atoms with Gasteiger partial charge in [0.15, 0.2) is 5.54 Å². The molecule has 2 N–H and O–H groups in total.